The van der Waals surface area contributed by atoms with Crippen LogP contribution in [-0.4, -0.2) is 20.7 Å². The number of benzene rings is 1. The van der Waals surface area contributed by atoms with E-state index in [2.05, 4.69) is 15.5 Å². The molecule has 144 valence electrons. The summed E-state index contributed by atoms with van der Waals surface area (Å²) in [6.45, 7) is 0.198. The number of aromatic nitrogens is 3. The number of rotatable bonds is 5. The molecule has 2 N–H and O–H groups in total. The number of aromatic amines is 1. The van der Waals surface area contributed by atoms with Crippen molar-refractivity contribution in [2.45, 2.75) is 56.3 Å². The van der Waals surface area contributed by atoms with Gasteiger partial charge in [-0.2, -0.15) is 18.3 Å². The highest BCUT2D eigenvalue weighted by Gasteiger charge is 2.46. The van der Waals surface area contributed by atoms with Crippen molar-refractivity contribution in [3.05, 3.63) is 46.0 Å². The van der Waals surface area contributed by atoms with E-state index in [-0.39, 0.29) is 12.5 Å². The number of amides is 1. The Labute approximate surface area is 159 Å². The van der Waals surface area contributed by atoms with Crippen LogP contribution in [0.5, 0.6) is 0 Å². The van der Waals surface area contributed by atoms with Gasteiger partial charge >= 0.3 is 6.18 Å². The molecule has 4 rings (SSSR count). The largest absolute Gasteiger partial charge is 0.416 e. The van der Waals surface area contributed by atoms with Gasteiger partial charge in [-0.15, -0.1) is 0 Å². The van der Waals surface area contributed by atoms with Crippen LogP contribution in [0.15, 0.2) is 24.3 Å². The number of H-pyrrole nitrogens is 1. The van der Waals surface area contributed by atoms with E-state index in [9.17, 15) is 18.0 Å². The molecule has 1 aromatic heterocycles. The van der Waals surface area contributed by atoms with Gasteiger partial charge in [0.05, 0.1) is 17.5 Å². The molecule has 0 unspecified atom stereocenters. The Morgan fingerprint density at radius 2 is 2.11 bits per heavy atom. The Kier molecular flexibility index (Phi) is 4.37. The van der Waals surface area contributed by atoms with Gasteiger partial charge < -0.3 is 5.32 Å². The number of alkyl halides is 3. The van der Waals surface area contributed by atoms with Crippen molar-refractivity contribution >= 4 is 18.1 Å². The second-order valence-corrected chi connectivity index (χ2v) is 7.63. The molecule has 27 heavy (non-hydrogen) atoms. The average Bonchev–Trinajstić information content (AvgIpc) is 3.34. The van der Waals surface area contributed by atoms with Crippen LogP contribution in [0.2, 0.25) is 0 Å². The second kappa shape index (κ2) is 6.47. The summed E-state index contributed by atoms with van der Waals surface area (Å²) >= 11 is 5.23. The van der Waals surface area contributed by atoms with Gasteiger partial charge in [0.25, 0.3) is 0 Å². The van der Waals surface area contributed by atoms with Gasteiger partial charge in [0.2, 0.25) is 5.91 Å². The van der Waals surface area contributed by atoms with Crippen LogP contribution in [0.3, 0.4) is 0 Å². The van der Waals surface area contributed by atoms with Crippen molar-refractivity contribution in [3.8, 4) is 0 Å². The number of carbonyl (C=O) groups is 1. The lowest BCUT2D eigenvalue weighted by Gasteiger charge is -2.41. The third-order valence-corrected chi connectivity index (χ3v) is 5.77. The first kappa shape index (κ1) is 18.2. The van der Waals surface area contributed by atoms with Gasteiger partial charge in [-0.05, 0) is 49.5 Å². The maximum absolute atomic E-state index is 13.1. The van der Waals surface area contributed by atoms with Crippen molar-refractivity contribution in [1.82, 2.24) is 20.1 Å². The lowest BCUT2D eigenvalue weighted by molar-refractivity contribution is -0.138. The Balaban J connectivity index is 1.54. The second-order valence-electron chi connectivity index (χ2n) is 7.24. The number of carbonyl (C=O) groups excluding carboxylic acids is 1. The van der Waals surface area contributed by atoms with E-state index in [1.165, 1.54) is 6.07 Å². The molecule has 0 bridgehead atoms. The van der Waals surface area contributed by atoms with E-state index in [4.69, 9.17) is 12.2 Å². The van der Waals surface area contributed by atoms with Gasteiger partial charge in [0, 0.05) is 6.04 Å². The Morgan fingerprint density at radius 1 is 1.37 bits per heavy atom. The maximum Gasteiger partial charge on any atom is 0.416 e. The van der Waals surface area contributed by atoms with E-state index < -0.39 is 17.2 Å². The van der Waals surface area contributed by atoms with Crippen LogP contribution in [-0.2, 0) is 22.9 Å². The zero-order valence-electron chi connectivity index (χ0n) is 14.5. The summed E-state index contributed by atoms with van der Waals surface area (Å²) in [7, 11) is 0. The molecule has 2 saturated carbocycles. The first-order valence-corrected chi connectivity index (χ1v) is 9.34. The molecule has 2 aromatic rings. The van der Waals surface area contributed by atoms with Crippen molar-refractivity contribution in [3.63, 3.8) is 0 Å². The van der Waals surface area contributed by atoms with Crippen LogP contribution in [0.1, 0.15) is 55.1 Å². The van der Waals surface area contributed by atoms with Crippen molar-refractivity contribution in [2.24, 2.45) is 0 Å². The summed E-state index contributed by atoms with van der Waals surface area (Å²) in [6, 6.07) is 5.42. The number of halogens is 3. The molecule has 2 aliphatic rings. The molecular formula is C18H19F3N4OS. The van der Waals surface area contributed by atoms with E-state index in [1.807, 2.05) is 4.57 Å². The molecule has 0 spiro atoms. The molecule has 0 saturated heterocycles. The van der Waals surface area contributed by atoms with Crippen LogP contribution in [0, 0.1) is 4.77 Å². The minimum Gasteiger partial charge on any atom is -0.348 e. The first-order valence-electron chi connectivity index (χ1n) is 8.93. The lowest BCUT2D eigenvalue weighted by atomic mass is 9.63. The van der Waals surface area contributed by atoms with Crippen LogP contribution < -0.4 is 5.32 Å². The van der Waals surface area contributed by atoms with E-state index in [0.29, 0.717) is 35.0 Å². The fourth-order valence-corrected chi connectivity index (χ4v) is 3.97. The highest BCUT2D eigenvalue weighted by atomic mass is 32.1. The van der Waals surface area contributed by atoms with Gasteiger partial charge in [-0.3, -0.25) is 14.5 Å². The first-order chi connectivity index (χ1) is 12.8. The molecule has 0 aliphatic heterocycles. The minimum absolute atomic E-state index is 0.198. The van der Waals surface area contributed by atoms with E-state index in [0.717, 1.165) is 31.4 Å². The van der Waals surface area contributed by atoms with Gasteiger partial charge in [-0.25, -0.2) is 0 Å². The summed E-state index contributed by atoms with van der Waals surface area (Å²) in [5.74, 6) is 0.388. The SMILES string of the molecule is O=C(NCc1n[nH]c(=S)n1C1CC1)C1(c2cccc(C(F)(F)F)c2)CCC1. The summed E-state index contributed by atoms with van der Waals surface area (Å²) in [6.07, 6.45) is -0.482. The standard InChI is InChI=1S/C18H19F3N4OS/c19-18(20,21)12-4-1-3-11(9-12)17(7-2-8-17)15(26)22-10-14-23-24-16(27)25(14)13-5-6-13/h1,3-4,9,13H,2,5-8,10H2,(H,22,26)(H,24,27). The van der Waals surface area contributed by atoms with Gasteiger partial charge in [0.1, 0.15) is 0 Å². The molecular weight excluding hydrogens is 377 g/mol. The van der Waals surface area contributed by atoms with E-state index >= 15 is 0 Å². The molecule has 0 atom stereocenters. The van der Waals surface area contributed by atoms with Crippen molar-refractivity contribution < 1.29 is 18.0 Å². The Bertz CT molecular complexity index is 925. The fraction of sp³-hybridized carbons (Fsp3) is 0.500. The molecule has 0 radical (unpaired) electrons. The Hall–Kier alpha value is -2.16. The molecule has 2 fully saturated rings. The monoisotopic (exact) mass is 396 g/mol. The van der Waals surface area contributed by atoms with E-state index in [1.54, 1.807) is 6.07 Å². The summed E-state index contributed by atoms with van der Waals surface area (Å²) in [5.41, 5.74) is -1.21. The lowest BCUT2D eigenvalue weighted by Crippen LogP contribution is -2.49. The number of hydrogen-bond donors (Lipinski definition) is 2. The van der Waals surface area contributed by atoms with Crippen LogP contribution in [0.25, 0.3) is 0 Å². The third kappa shape index (κ3) is 3.28. The maximum atomic E-state index is 13.1. The summed E-state index contributed by atoms with van der Waals surface area (Å²) < 4.78 is 41.6. The molecule has 1 heterocycles. The fourth-order valence-electron chi connectivity index (χ4n) is 3.67. The van der Waals surface area contributed by atoms with Crippen LogP contribution in [0.4, 0.5) is 13.2 Å². The topological polar surface area (TPSA) is 62.7 Å². The highest BCUT2D eigenvalue weighted by molar-refractivity contribution is 7.71. The van der Waals surface area contributed by atoms with Crippen LogP contribution >= 0.6 is 12.2 Å². The van der Waals surface area contributed by atoms with Crippen molar-refractivity contribution in [2.75, 3.05) is 0 Å². The third-order valence-electron chi connectivity index (χ3n) is 5.48. The predicted molar refractivity (Wildman–Crippen MR) is 94.5 cm³/mol. The minimum atomic E-state index is -4.43. The molecule has 5 nitrogen and oxygen atoms in total. The molecule has 1 aromatic carbocycles. The van der Waals surface area contributed by atoms with Gasteiger partial charge in [0.15, 0.2) is 10.6 Å². The Morgan fingerprint density at radius 3 is 2.70 bits per heavy atom. The number of nitrogens with one attached hydrogen (secondary N) is 2. The molecule has 2 aliphatic carbocycles. The average molecular weight is 396 g/mol. The number of nitrogens with zero attached hydrogens (tertiary/aromatic N) is 2. The predicted octanol–water partition coefficient (Wildman–Crippen LogP) is 4.03. The number of hydrogen-bond acceptors (Lipinski definition) is 3. The molecule has 9 heteroatoms. The zero-order chi connectivity index (χ0) is 19.2. The zero-order valence-corrected chi connectivity index (χ0v) is 15.3. The smallest absolute Gasteiger partial charge is 0.348 e. The molecule has 1 amide bonds. The quantitative estimate of drug-likeness (QED) is 0.750. The summed E-state index contributed by atoms with van der Waals surface area (Å²) in [4.78, 5) is 12.9. The summed E-state index contributed by atoms with van der Waals surface area (Å²) in [5, 5.41) is 9.79. The highest BCUT2D eigenvalue weighted by Crippen LogP contribution is 2.45. The normalized spacial score (nSPS) is 18.8. The van der Waals surface area contributed by atoms with Gasteiger partial charge in [-0.1, -0.05) is 24.6 Å². The van der Waals surface area contributed by atoms with Crippen molar-refractivity contribution in [1.29, 1.82) is 0 Å².